The van der Waals surface area contributed by atoms with Crippen LogP contribution in [0.15, 0.2) is 48.5 Å². The number of carbonyl (C=O) groups excluding carboxylic acids is 1. The van der Waals surface area contributed by atoms with Crippen LogP contribution in [0.3, 0.4) is 0 Å². The Morgan fingerprint density at radius 2 is 1.85 bits per heavy atom. The van der Waals surface area contributed by atoms with E-state index >= 15 is 0 Å². The van der Waals surface area contributed by atoms with Crippen molar-refractivity contribution in [3.63, 3.8) is 0 Å². The highest BCUT2D eigenvalue weighted by molar-refractivity contribution is 5.73. The predicted molar refractivity (Wildman–Crippen MR) is 103 cm³/mol. The van der Waals surface area contributed by atoms with Crippen LogP contribution in [-0.2, 0) is 19.5 Å². The molecule has 5 nitrogen and oxygen atoms in total. The van der Waals surface area contributed by atoms with E-state index in [2.05, 4.69) is 39.8 Å². The predicted octanol–water partition coefficient (Wildman–Crippen LogP) is 2.94. The van der Waals surface area contributed by atoms with Crippen LogP contribution in [0.4, 0.5) is 4.79 Å². The Morgan fingerprint density at radius 1 is 1.08 bits per heavy atom. The molecule has 26 heavy (non-hydrogen) atoms. The van der Waals surface area contributed by atoms with E-state index in [0.717, 1.165) is 43.8 Å². The van der Waals surface area contributed by atoms with Crippen molar-refractivity contribution in [2.75, 3.05) is 26.7 Å². The van der Waals surface area contributed by atoms with Gasteiger partial charge in [-0.2, -0.15) is 0 Å². The lowest BCUT2D eigenvalue weighted by atomic mass is 10.00. The molecule has 0 spiro atoms. The minimum atomic E-state index is -0.121. The van der Waals surface area contributed by atoms with E-state index in [1.54, 1.807) is 7.11 Å². The summed E-state index contributed by atoms with van der Waals surface area (Å²) in [6, 6.07) is 16.2. The molecule has 1 aliphatic heterocycles. The number of fused-ring (bicyclic) bond motifs is 1. The molecule has 0 unspecified atom stereocenters. The van der Waals surface area contributed by atoms with Crippen LogP contribution in [0.1, 0.15) is 23.1 Å². The smallest absolute Gasteiger partial charge is 0.315 e. The van der Waals surface area contributed by atoms with Crippen molar-refractivity contribution in [1.29, 1.82) is 0 Å². The van der Waals surface area contributed by atoms with Gasteiger partial charge in [-0.1, -0.05) is 36.4 Å². The third kappa shape index (κ3) is 5.23. The second-order valence-corrected chi connectivity index (χ2v) is 6.61. The van der Waals surface area contributed by atoms with Gasteiger partial charge in [0.15, 0.2) is 0 Å². The second kappa shape index (κ2) is 9.25. The van der Waals surface area contributed by atoms with Gasteiger partial charge in [0, 0.05) is 32.7 Å². The lowest BCUT2D eigenvalue weighted by molar-refractivity contribution is 0.234. The number of hydrogen-bond acceptors (Lipinski definition) is 3. The maximum atomic E-state index is 11.9. The largest absolute Gasteiger partial charge is 0.497 e. The number of benzene rings is 2. The average Bonchev–Trinajstić information content (AvgIpc) is 2.70. The number of amides is 2. The van der Waals surface area contributed by atoms with E-state index in [4.69, 9.17) is 4.74 Å². The van der Waals surface area contributed by atoms with Crippen molar-refractivity contribution in [2.24, 2.45) is 0 Å². The zero-order valence-electron chi connectivity index (χ0n) is 15.3. The summed E-state index contributed by atoms with van der Waals surface area (Å²) >= 11 is 0. The molecule has 1 heterocycles. The van der Waals surface area contributed by atoms with Crippen molar-refractivity contribution in [2.45, 2.75) is 25.9 Å². The first kappa shape index (κ1) is 18.3. The number of rotatable bonds is 7. The number of nitrogens with zero attached hydrogens (tertiary/aromatic N) is 1. The van der Waals surface area contributed by atoms with Gasteiger partial charge >= 0.3 is 6.03 Å². The third-order valence-electron chi connectivity index (χ3n) is 4.76. The van der Waals surface area contributed by atoms with Gasteiger partial charge in [-0.15, -0.1) is 0 Å². The van der Waals surface area contributed by atoms with Crippen molar-refractivity contribution in [1.82, 2.24) is 15.5 Å². The lowest BCUT2D eigenvalue weighted by Gasteiger charge is -2.28. The fourth-order valence-electron chi connectivity index (χ4n) is 3.24. The zero-order valence-corrected chi connectivity index (χ0v) is 15.3. The van der Waals surface area contributed by atoms with E-state index in [-0.39, 0.29) is 6.03 Å². The van der Waals surface area contributed by atoms with Crippen molar-refractivity contribution < 1.29 is 9.53 Å². The molecule has 0 saturated carbocycles. The molecule has 0 atom stereocenters. The number of nitrogens with one attached hydrogen (secondary N) is 2. The SMILES string of the molecule is COc1ccc(CNC(=O)NCCCN2CCc3ccccc3C2)cc1. The maximum absolute atomic E-state index is 11.9. The van der Waals surface area contributed by atoms with Gasteiger partial charge in [0.05, 0.1) is 7.11 Å². The highest BCUT2D eigenvalue weighted by Crippen LogP contribution is 2.18. The standard InChI is InChI=1S/C21H27N3O2/c1-26-20-9-7-17(8-10-20)15-23-21(25)22-12-4-13-24-14-11-18-5-2-3-6-19(18)16-24/h2-3,5-10H,4,11-16H2,1H3,(H2,22,23,25). The van der Waals surface area contributed by atoms with Gasteiger partial charge in [0.2, 0.25) is 0 Å². The van der Waals surface area contributed by atoms with Crippen molar-refractivity contribution in [3.8, 4) is 5.75 Å². The molecule has 2 aromatic rings. The fraction of sp³-hybridized carbons (Fsp3) is 0.381. The van der Waals surface area contributed by atoms with E-state index in [0.29, 0.717) is 13.1 Å². The molecule has 138 valence electrons. The first-order valence-electron chi connectivity index (χ1n) is 9.18. The second-order valence-electron chi connectivity index (χ2n) is 6.61. The average molecular weight is 353 g/mol. The Bertz CT molecular complexity index is 715. The van der Waals surface area contributed by atoms with Crippen LogP contribution in [0, 0.1) is 0 Å². The van der Waals surface area contributed by atoms with E-state index in [1.807, 2.05) is 24.3 Å². The van der Waals surface area contributed by atoms with Crippen LogP contribution in [0.5, 0.6) is 5.75 Å². The summed E-state index contributed by atoms with van der Waals surface area (Å²) < 4.78 is 5.13. The normalized spacial score (nSPS) is 13.7. The van der Waals surface area contributed by atoms with E-state index in [9.17, 15) is 4.79 Å². The summed E-state index contributed by atoms with van der Waals surface area (Å²) in [5.41, 5.74) is 3.96. The molecule has 3 rings (SSSR count). The number of methoxy groups -OCH3 is 1. The molecule has 0 bridgehead atoms. The summed E-state index contributed by atoms with van der Waals surface area (Å²) in [5.74, 6) is 0.818. The molecular weight excluding hydrogens is 326 g/mol. The number of carbonyl (C=O) groups is 1. The zero-order chi connectivity index (χ0) is 18.2. The van der Waals surface area contributed by atoms with Gasteiger partial charge in [-0.05, 0) is 41.7 Å². The van der Waals surface area contributed by atoms with Gasteiger partial charge in [0.1, 0.15) is 5.75 Å². The Balaban J connectivity index is 1.30. The molecule has 0 radical (unpaired) electrons. The van der Waals surface area contributed by atoms with Crippen molar-refractivity contribution in [3.05, 3.63) is 65.2 Å². The van der Waals surface area contributed by atoms with Gasteiger partial charge in [-0.25, -0.2) is 4.79 Å². The fourth-order valence-corrected chi connectivity index (χ4v) is 3.24. The molecule has 1 aliphatic rings. The lowest BCUT2D eigenvalue weighted by Crippen LogP contribution is -2.37. The Morgan fingerprint density at radius 3 is 2.62 bits per heavy atom. The summed E-state index contributed by atoms with van der Waals surface area (Å²) in [5, 5.41) is 5.82. The van der Waals surface area contributed by atoms with Crippen LogP contribution in [0.25, 0.3) is 0 Å². The topological polar surface area (TPSA) is 53.6 Å². The maximum Gasteiger partial charge on any atom is 0.315 e. The summed E-state index contributed by atoms with van der Waals surface area (Å²) in [6.07, 6.45) is 2.07. The molecular formula is C21H27N3O2. The Labute approximate surface area is 155 Å². The monoisotopic (exact) mass is 353 g/mol. The van der Waals surface area contributed by atoms with Crippen LogP contribution in [0.2, 0.25) is 0 Å². The third-order valence-corrected chi connectivity index (χ3v) is 4.76. The molecule has 2 N–H and O–H groups in total. The van der Waals surface area contributed by atoms with Gasteiger partial charge < -0.3 is 15.4 Å². The highest BCUT2D eigenvalue weighted by atomic mass is 16.5. The molecule has 2 amide bonds. The minimum absolute atomic E-state index is 0.121. The first-order chi connectivity index (χ1) is 12.7. The van der Waals surface area contributed by atoms with E-state index < -0.39 is 0 Å². The van der Waals surface area contributed by atoms with Crippen LogP contribution in [-0.4, -0.2) is 37.7 Å². The summed E-state index contributed by atoms with van der Waals surface area (Å²) in [6.45, 7) is 4.32. The number of ether oxygens (including phenoxy) is 1. The van der Waals surface area contributed by atoms with Crippen LogP contribution < -0.4 is 15.4 Å². The molecule has 0 aromatic heterocycles. The minimum Gasteiger partial charge on any atom is -0.497 e. The summed E-state index contributed by atoms with van der Waals surface area (Å²) in [7, 11) is 1.64. The van der Waals surface area contributed by atoms with E-state index in [1.165, 1.54) is 11.1 Å². The molecule has 2 aromatic carbocycles. The number of urea groups is 1. The first-order valence-corrected chi connectivity index (χ1v) is 9.18. The highest BCUT2D eigenvalue weighted by Gasteiger charge is 2.14. The molecule has 5 heteroatoms. The molecule has 0 fully saturated rings. The van der Waals surface area contributed by atoms with Gasteiger partial charge in [0.25, 0.3) is 0 Å². The molecule has 0 saturated heterocycles. The molecule has 0 aliphatic carbocycles. The Hall–Kier alpha value is -2.53. The van der Waals surface area contributed by atoms with Crippen LogP contribution >= 0.6 is 0 Å². The van der Waals surface area contributed by atoms with Gasteiger partial charge in [-0.3, -0.25) is 4.90 Å². The Kier molecular flexibility index (Phi) is 6.50. The number of hydrogen-bond donors (Lipinski definition) is 2. The quantitative estimate of drug-likeness (QED) is 0.753. The summed E-state index contributed by atoms with van der Waals surface area (Å²) in [4.78, 5) is 14.4. The van der Waals surface area contributed by atoms with Crippen molar-refractivity contribution >= 4 is 6.03 Å².